The smallest absolute Gasteiger partial charge is 0.227 e. The summed E-state index contributed by atoms with van der Waals surface area (Å²) in [6.07, 6.45) is 0.210. The van der Waals surface area contributed by atoms with Crippen LogP contribution in [0.1, 0.15) is 31.0 Å². The molecule has 1 aromatic carbocycles. The summed E-state index contributed by atoms with van der Waals surface area (Å²) in [4.78, 5) is 15.5. The van der Waals surface area contributed by atoms with E-state index in [0.29, 0.717) is 29.6 Å². The van der Waals surface area contributed by atoms with E-state index < -0.39 is 6.10 Å². The lowest BCUT2D eigenvalue weighted by atomic mass is 9.96. The molecule has 1 aliphatic rings. The number of amides is 1. The number of hydrogen-bond donors (Lipinski definition) is 4. The maximum absolute atomic E-state index is 12.2. The first-order chi connectivity index (χ1) is 10.9. The zero-order valence-corrected chi connectivity index (χ0v) is 14.5. The first-order valence-corrected chi connectivity index (χ1v) is 8.37. The van der Waals surface area contributed by atoms with Gasteiger partial charge in [0.15, 0.2) is 0 Å². The van der Waals surface area contributed by atoms with E-state index in [-0.39, 0.29) is 11.8 Å². The van der Waals surface area contributed by atoms with Gasteiger partial charge in [-0.15, -0.1) is 0 Å². The van der Waals surface area contributed by atoms with Gasteiger partial charge in [-0.1, -0.05) is 23.2 Å². The fraction of sp³-hybridized carbons (Fsp3) is 0.438. The molecule has 2 aromatic rings. The minimum Gasteiger partial charge on any atom is -0.392 e. The lowest BCUT2D eigenvalue weighted by Gasteiger charge is -2.15. The van der Waals surface area contributed by atoms with Crippen LogP contribution in [0, 0.1) is 0 Å². The molecule has 7 heteroatoms. The number of nitrogens with one attached hydrogen (secondary N) is 3. The van der Waals surface area contributed by atoms with Gasteiger partial charge in [0.1, 0.15) is 0 Å². The average Bonchev–Trinajstić information content (AvgIpc) is 2.82. The van der Waals surface area contributed by atoms with Crippen molar-refractivity contribution in [3.63, 3.8) is 0 Å². The number of hydrogen-bond acceptors (Lipinski definition) is 3. The highest BCUT2D eigenvalue weighted by Gasteiger charge is 2.28. The highest BCUT2D eigenvalue weighted by atomic mass is 35.5. The quantitative estimate of drug-likeness (QED) is 0.683. The van der Waals surface area contributed by atoms with Crippen molar-refractivity contribution in [1.29, 1.82) is 0 Å². The Morgan fingerprint density at radius 2 is 2.22 bits per heavy atom. The van der Waals surface area contributed by atoms with Crippen molar-refractivity contribution >= 4 is 45.7 Å². The maximum atomic E-state index is 12.2. The third-order valence-electron chi connectivity index (χ3n) is 4.18. The fourth-order valence-corrected chi connectivity index (χ4v) is 3.46. The number of aromatic amines is 1. The normalized spacial score (nSPS) is 19.2. The molecule has 3 rings (SSSR count). The van der Waals surface area contributed by atoms with Gasteiger partial charge in [-0.3, -0.25) is 4.79 Å². The molecule has 23 heavy (non-hydrogen) atoms. The van der Waals surface area contributed by atoms with E-state index in [2.05, 4.69) is 15.6 Å². The summed E-state index contributed by atoms with van der Waals surface area (Å²) in [5.74, 6) is -0.289. The molecule has 4 N–H and O–H groups in total. The minimum atomic E-state index is -0.502. The summed E-state index contributed by atoms with van der Waals surface area (Å²) in [7, 11) is 0. The Hall–Kier alpha value is -1.43. The Labute approximate surface area is 144 Å². The number of aliphatic hydroxyl groups excluding tert-OH is 1. The molecule has 124 valence electrons. The second-order valence-electron chi connectivity index (χ2n) is 5.98. The van der Waals surface area contributed by atoms with Crippen LogP contribution in [0.5, 0.6) is 0 Å². The molecule has 0 radical (unpaired) electrons. The topological polar surface area (TPSA) is 77.2 Å². The van der Waals surface area contributed by atoms with Gasteiger partial charge in [-0.05, 0) is 25.5 Å². The van der Waals surface area contributed by atoms with Crippen LogP contribution in [0.15, 0.2) is 6.07 Å². The molecular formula is C16H19Cl2N3O2. The molecule has 0 spiro atoms. The van der Waals surface area contributed by atoms with Gasteiger partial charge in [0.2, 0.25) is 5.91 Å². The monoisotopic (exact) mass is 355 g/mol. The Morgan fingerprint density at radius 3 is 2.91 bits per heavy atom. The van der Waals surface area contributed by atoms with Crippen molar-refractivity contribution in [3.05, 3.63) is 27.4 Å². The lowest BCUT2D eigenvalue weighted by Crippen LogP contribution is -2.27. The zero-order valence-electron chi connectivity index (χ0n) is 13.0. The van der Waals surface area contributed by atoms with Crippen molar-refractivity contribution in [1.82, 2.24) is 10.3 Å². The first-order valence-electron chi connectivity index (χ1n) is 7.62. The van der Waals surface area contributed by atoms with Crippen molar-refractivity contribution in [2.24, 2.45) is 0 Å². The standard InChI is InChI=1S/C16H19Cl2N3O2/c1-7(22)6-20-11-5-9(17)14(18)15-13(11)12-8(2)16(23)19-4-3-10(12)21-15/h5,7-8,20-22H,3-4,6H2,1-2H3,(H,19,23)/t7-,8+/m0/s1. The summed E-state index contributed by atoms with van der Waals surface area (Å²) < 4.78 is 0. The minimum absolute atomic E-state index is 0.00259. The number of fused-ring (bicyclic) bond motifs is 3. The van der Waals surface area contributed by atoms with Crippen LogP contribution < -0.4 is 10.6 Å². The predicted octanol–water partition coefficient (Wildman–Crippen LogP) is 3.04. The number of aliphatic hydroxyl groups is 1. The molecule has 5 nitrogen and oxygen atoms in total. The van der Waals surface area contributed by atoms with Crippen molar-refractivity contribution in [2.75, 3.05) is 18.4 Å². The Balaban J connectivity index is 2.25. The number of aromatic nitrogens is 1. The molecule has 0 fully saturated rings. The van der Waals surface area contributed by atoms with Crippen LogP contribution in [0.4, 0.5) is 5.69 Å². The number of H-pyrrole nitrogens is 1. The van der Waals surface area contributed by atoms with Crippen LogP contribution >= 0.6 is 23.2 Å². The summed E-state index contributed by atoms with van der Waals surface area (Å²) in [6.45, 7) is 4.56. The van der Waals surface area contributed by atoms with Gasteiger partial charge in [-0.25, -0.2) is 0 Å². The molecule has 0 aliphatic carbocycles. The summed E-state index contributed by atoms with van der Waals surface area (Å²) >= 11 is 12.6. The SMILES string of the molecule is C[C@H](O)CNc1cc(Cl)c(Cl)c2[nH]c3c(c12)[C@@H](C)C(=O)NCC3. The first kappa shape index (κ1) is 16.4. The molecule has 0 unspecified atom stereocenters. The summed E-state index contributed by atoms with van der Waals surface area (Å²) in [5.41, 5.74) is 3.45. The van der Waals surface area contributed by atoms with Crippen LogP contribution in [0.2, 0.25) is 10.0 Å². The van der Waals surface area contributed by atoms with E-state index in [0.717, 1.165) is 27.8 Å². The lowest BCUT2D eigenvalue weighted by molar-refractivity contribution is -0.121. The van der Waals surface area contributed by atoms with Crippen LogP contribution in [-0.4, -0.2) is 35.2 Å². The fourth-order valence-electron chi connectivity index (χ4n) is 3.06. The van der Waals surface area contributed by atoms with E-state index in [4.69, 9.17) is 23.2 Å². The van der Waals surface area contributed by atoms with Gasteiger partial charge in [0.25, 0.3) is 0 Å². The number of halogens is 2. The van der Waals surface area contributed by atoms with E-state index in [1.165, 1.54) is 0 Å². The van der Waals surface area contributed by atoms with Crippen molar-refractivity contribution in [3.8, 4) is 0 Å². The molecule has 2 heterocycles. The van der Waals surface area contributed by atoms with E-state index in [1.807, 2.05) is 6.92 Å². The molecule has 0 saturated heterocycles. The predicted molar refractivity (Wildman–Crippen MR) is 93.6 cm³/mol. The molecule has 1 amide bonds. The number of carbonyl (C=O) groups excluding carboxylic acids is 1. The number of anilines is 1. The Bertz CT molecular complexity index is 771. The van der Waals surface area contributed by atoms with Gasteiger partial charge in [0.05, 0.1) is 27.6 Å². The van der Waals surface area contributed by atoms with Crippen LogP contribution in [-0.2, 0) is 11.2 Å². The van der Waals surface area contributed by atoms with Crippen LogP contribution in [0.25, 0.3) is 10.9 Å². The second kappa shape index (κ2) is 6.23. The highest BCUT2D eigenvalue weighted by molar-refractivity contribution is 6.45. The molecule has 0 bridgehead atoms. The summed E-state index contributed by atoms with van der Waals surface area (Å²) in [5, 5.41) is 17.4. The van der Waals surface area contributed by atoms with Gasteiger partial charge >= 0.3 is 0 Å². The third-order valence-corrected chi connectivity index (χ3v) is 4.97. The largest absolute Gasteiger partial charge is 0.392 e. The Kier molecular flexibility index (Phi) is 4.45. The van der Waals surface area contributed by atoms with Gasteiger partial charge in [-0.2, -0.15) is 0 Å². The van der Waals surface area contributed by atoms with Gasteiger partial charge in [0, 0.05) is 36.3 Å². The second-order valence-corrected chi connectivity index (χ2v) is 6.76. The van der Waals surface area contributed by atoms with Crippen molar-refractivity contribution < 1.29 is 9.90 Å². The number of rotatable bonds is 3. The third kappa shape index (κ3) is 2.89. The Morgan fingerprint density at radius 1 is 1.48 bits per heavy atom. The van der Waals surface area contributed by atoms with Crippen LogP contribution in [0.3, 0.4) is 0 Å². The average molecular weight is 356 g/mol. The maximum Gasteiger partial charge on any atom is 0.227 e. The molecule has 0 saturated carbocycles. The number of carbonyl (C=O) groups is 1. The molecule has 1 aliphatic heterocycles. The molecular weight excluding hydrogens is 337 g/mol. The zero-order chi connectivity index (χ0) is 16.7. The summed E-state index contributed by atoms with van der Waals surface area (Å²) in [6, 6.07) is 1.75. The van der Waals surface area contributed by atoms with Gasteiger partial charge < -0.3 is 20.7 Å². The van der Waals surface area contributed by atoms with E-state index >= 15 is 0 Å². The molecule has 2 atom stereocenters. The highest BCUT2D eigenvalue weighted by Crippen LogP contribution is 2.42. The number of benzene rings is 1. The van der Waals surface area contributed by atoms with E-state index in [9.17, 15) is 9.90 Å². The van der Waals surface area contributed by atoms with Crippen molar-refractivity contribution in [2.45, 2.75) is 32.3 Å². The molecule has 1 aromatic heterocycles. The van der Waals surface area contributed by atoms with E-state index in [1.54, 1.807) is 13.0 Å².